The molecule has 1 aromatic heterocycles. The van der Waals surface area contributed by atoms with E-state index in [1.165, 1.54) is 12.1 Å². The molecule has 1 heterocycles. The number of non-ortho nitro benzene ring substituents is 1. The smallest absolute Gasteiger partial charge is 0.271 e. The number of carbonyl (C=O) groups is 1. The molecule has 0 fully saturated rings. The van der Waals surface area contributed by atoms with Crippen molar-refractivity contribution in [1.29, 1.82) is 0 Å². The Hall–Kier alpha value is -4.20. The summed E-state index contributed by atoms with van der Waals surface area (Å²) in [6.45, 7) is 0. The summed E-state index contributed by atoms with van der Waals surface area (Å²) >= 11 is 0. The first-order chi connectivity index (χ1) is 14.5. The number of nitrogens with one attached hydrogen (secondary N) is 2. The Bertz CT molecular complexity index is 1200. The van der Waals surface area contributed by atoms with Gasteiger partial charge in [0.05, 0.1) is 23.1 Å². The van der Waals surface area contributed by atoms with Crippen LogP contribution in [-0.2, 0) is 0 Å². The second kappa shape index (κ2) is 8.04. The molecule has 4 aromatic rings. The summed E-state index contributed by atoms with van der Waals surface area (Å²) in [5.74, 6) is 0.863. The van der Waals surface area contributed by atoms with Crippen LogP contribution in [0.1, 0.15) is 27.8 Å². The first-order valence-corrected chi connectivity index (χ1v) is 9.19. The van der Waals surface area contributed by atoms with Gasteiger partial charge in [-0.1, -0.05) is 30.3 Å². The van der Waals surface area contributed by atoms with Crippen LogP contribution in [0.25, 0.3) is 11.0 Å². The number of aromatic nitrogens is 2. The van der Waals surface area contributed by atoms with Gasteiger partial charge in [-0.2, -0.15) is 0 Å². The van der Waals surface area contributed by atoms with Crippen LogP contribution in [0.4, 0.5) is 5.69 Å². The number of ether oxygens (including phenoxy) is 1. The van der Waals surface area contributed by atoms with Gasteiger partial charge >= 0.3 is 0 Å². The van der Waals surface area contributed by atoms with Crippen molar-refractivity contribution in [3.63, 3.8) is 0 Å². The van der Waals surface area contributed by atoms with Crippen molar-refractivity contribution in [1.82, 2.24) is 15.3 Å². The van der Waals surface area contributed by atoms with Crippen molar-refractivity contribution < 1.29 is 14.5 Å². The topological polar surface area (TPSA) is 110 Å². The van der Waals surface area contributed by atoms with E-state index in [-0.39, 0.29) is 11.6 Å². The van der Waals surface area contributed by atoms with Crippen molar-refractivity contribution in [2.45, 2.75) is 6.04 Å². The van der Waals surface area contributed by atoms with Crippen LogP contribution < -0.4 is 10.1 Å². The fourth-order valence-electron chi connectivity index (χ4n) is 3.18. The maximum absolute atomic E-state index is 12.9. The van der Waals surface area contributed by atoms with Gasteiger partial charge in [-0.15, -0.1) is 0 Å². The zero-order chi connectivity index (χ0) is 21.1. The molecule has 0 spiro atoms. The Morgan fingerprint density at radius 1 is 1.10 bits per heavy atom. The molecule has 150 valence electrons. The zero-order valence-corrected chi connectivity index (χ0v) is 16.0. The molecular weight excluding hydrogens is 384 g/mol. The predicted molar refractivity (Wildman–Crippen MR) is 111 cm³/mol. The Morgan fingerprint density at radius 3 is 2.50 bits per heavy atom. The van der Waals surface area contributed by atoms with Crippen molar-refractivity contribution in [3.05, 3.63) is 99.9 Å². The summed E-state index contributed by atoms with van der Waals surface area (Å²) in [5.41, 5.74) is 2.38. The summed E-state index contributed by atoms with van der Waals surface area (Å²) in [5, 5.41) is 14.1. The Labute approximate surface area is 171 Å². The highest BCUT2D eigenvalue weighted by Gasteiger charge is 2.22. The molecule has 4 rings (SSSR count). The number of amides is 1. The van der Waals surface area contributed by atoms with E-state index in [1.54, 1.807) is 37.4 Å². The number of methoxy groups -OCH3 is 1. The molecule has 3 aromatic carbocycles. The normalized spacial score (nSPS) is 11.8. The number of hydrogen-bond acceptors (Lipinski definition) is 5. The third-order valence-corrected chi connectivity index (χ3v) is 4.73. The number of H-pyrrole nitrogens is 1. The molecule has 2 N–H and O–H groups in total. The lowest BCUT2D eigenvalue weighted by Gasteiger charge is -2.17. The van der Waals surface area contributed by atoms with E-state index in [0.717, 1.165) is 5.56 Å². The van der Waals surface area contributed by atoms with Gasteiger partial charge in [0.25, 0.3) is 11.6 Å². The van der Waals surface area contributed by atoms with Crippen molar-refractivity contribution in [3.8, 4) is 5.75 Å². The lowest BCUT2D eigenvalue weighted by atomic mass is 10.1. The number of aromatic amines is 1. The molecule has 0 bridgehead atoms. The molecule has 1 atom stereocenters. The number of rotatable bonds is 6. The number of carbonyl (C=O) groups excluding carboxylic acids is 1. The molecule has 0 aliphatic carbocycles. The van der Waals surface area contributed by atoms with E-state index in [9.17, 15) is 14.9 Å². The summed E-state index contributed by atoms with van der Waals surface area (Å²) < 4.78 is 5.13. The van der Waals surface area contributed by atoms with Crippen LogP contribution in [-0.4, -0.2) is 27.9 Å². The lowest BCUT2D eigenvalue weighted by Crippen LogP contribution is -2.30. The Kier molecular flexibility index (Phi) is 5.13. The minimum Gasteiger partial charge on any atom is -0.497 e. The second-order valence-corrected chi connectivity index (χ2v) is 6.63. The summed E-state index contributed by atoms with van der Waals surface area (Å²) in [7, 11) is 1.56. The standard InChI is InChI=1S/C22H18N4O4/c1-30-17-10-7-15(8-11-17)22(27)25-20(14-5-3-2-4-6-14)21-23-18-12-9-16(26(28)29)13-19(18)24-21/h2-13,20H,1H3,(H,23,24)(H,25,27). The minimum atomic E-state index is -0.563. The number of nitro benzene ring substituents is 1. The van der Waals surface area contributed by atoms with Gasteiger partial charge in [-0.25, -0.2) is 4.98 Å². The molecule has 8 nitrogen and oxygen atoms in total. The Morgan fingerprint density at radius 2 is 1.83 bits per heavy atom. The number of imidazole rings is 1. The molecular formula is C22H18N4O4. The SMILES string of the molecule is COc1ccc(C(=O)NC(c2ccccc2)c2nc3ccc([N+](=O)[O-])cc3[nH]2)cc1. The summed E-state index contributed by atoms with van der Waals surface area (Å²) in [4.78, 5) is 31.1. The molecule has 0 saturated heterocycles. The van der Waals surface area contributed by atoms with E-state index in [0.29, 0.717) is 28.2 Å². The van der Waals surface area contributed by atoms with E-state index in [4.69, 9.17) is 4.74 Å². The maximum atomic E-state index is 12.9. The van der Waals surface area contributed by atoms with Crippen LogP contribution in [0.5, 0.6) is 5.75 Å². The van der Waals surface area contributed by atoms with Crippen molar-refractivity contribution >= 4 is 22.6 Å². The van der Waals surface area contributed by atoms with Gasteiger partial charge in [0.15, 0.2) is 0 Å². The van der Waals surface area contributed by atoms with Gasteiger partial charge in [0.1, 0.15) is 17.6 Å². The van der Waals surface area contributed by atoms with Crippen LogP contribution in [0.15, 0.2) is 72.8 Å². The highest BCUT2D eigenvalue weighted by Crippen LogP contribution is 2.25. The number of nitro groups is 1. The Balaban J connectivity index is 1.70. The third kappa shape index (κ3) is 3.83. The monoisotopic (exact) mass is 402 g/mol. The molecule has 1 amide bonds. The second-order valence-electron chi connectivity index (χ2n) is 6.63. The van der Waals surface area contributed by atoms with Crippen LogP contribution >= 0.6 is 0 Å². The quantitative estimate of drug-likeness (QED) is 0.374. The van der Waals surface area contributed by atoms with Crippen LogP contribution in [0, 0.1) is 10.1 Å². The number of fused-ring (bicyclic) bond motifs is 1. The van der Waals surface area contributed by atoms with Crippen molar-refractivity contribution in [2.75, 3.05) is 7.11 Å². The maximum Gasteiger partial charge on any atom is 0.271 e. The van der Waals surface area contributed by atoms with Gasteiger partial charge in [0.2, 0.25) is 0 Å². The summed E-state index contributed by atoms with van der Waals surface area (Å²) in [6, 6.07) is 20.0. The van der Waals surface area contributed by atoms with E-state index >= 15 is 0 Å². The summed E-state index contributed by atoms with van der Waals surface area (Å²) in [6.07, 6.45) is 0. The van der Waals surface area contributed by atoms with E-state index < -0.39 is 11.0 Å². The number of nitrogens with zero attached hydrogens (tertiary/aromatic N) is 2. The van der Waals surface area contributed by atoms with E-state index in [2.05, 4.69) is 15.3 Å². The molecule has 0 aliphatic rings. The molecule has 0 saturated carbocycles. The van der Waals surface area contributed by atoms with Gasteiger partial charge in [0, 0.05) is 17.7 Å². The molecule has 0 aliphatic heterocycles. The average molecular weight is 402 g/mol. The fraction of sp³-hybridized carbons (Fsp3) is 0.0909. The van der Waals surface area contributed by atoms with Gasteiger partial charge in [-0.3, -0.25) is 14.9 Å². The molecule has 1 unspecified atom stereocenters. The first kappa shape index (κ1) is 19.1. The zero-order valence-electron chi connectivity index (χ0n) is 16.0. The minimum absolute atomic E-state index is 0.0313. The highest BCUT2D eigenvalue weighted by molar-refractivity contribution is 5.94. The lowest BCUT2D eigenvalue weighted by molar-refractivity contribution is -0.384. The van der Waals surface area contributed by atoms with Gasteiger partial charge < -0.3 is 15.0 Å². The van der Waals surface area contributed by atoms with E-state index in [1.807, 2.05) is 30.3 Å². The molecule has 30 heavy (non-hydrogen) atoms. The fourth-order valence-corrected chi connectivity index (χ4v) is 3.18. The predicted octanol–water partition coefficient (Wildman–Crippen LogP) is 4.00. The van der Waals surface area contributed by atoms with Crippen molar-refractivity contribution in [2.24, 2.45) is 0 Å². The number of benzene rings is 3. The van der Waals surface area contributed by atoms with Crippen LogP contribution in [0.2, 0.25) is 0 Å². The third-order valence-electron chi connectivity index (χ3n) is 4.73. The largest absolute Gasteiger partial charge is 0.497 e. The van der Waals surface area contributed by atoms with Crippen LogP contribution in [0.3, 0.4) is 0 Å². The highest BCUT2D eigenvalue weighted by atomic mass is 16.6. The first-order valence-electron chi connectivity index (χ1n) is 9.19. The van der Waals surface area contributed by atoms with Gasteiger partial charge in [-0.05, 0) is 35.9 Å². The number of hydrogen-bond donors (Lipinski definition) is 2. The molecule has 0 radical (unpaired) electrons. The average Bonchev–Trinajstić information content (AvgIpc) is 3.21. The molecule has 8 heteroatoms.